The van der Waals surface area contributed by atoms with Crippen molar-refractivity contribution in [2.24, 2.45) is 5.41 Å². The fourth-order valence-electron chi connectivity index (χ4n) is 1.22. The molecular weight excluding hydrogens is 234 g/mol. The lowest BCUT2D eigenvalue weighted by Crippen LogP contribution is -2.47. The molecular formula is C5H10O7P2. The van der Waals surface area contributed by atoms with Gasteiger partial charge in [-0.25, -0.2) is 4.57 Å². The second-order valence-electron chi connectivity index (χ2n) is 3.32. The maximum Gasteiger partial charge on any atom is 0.474 e. The van der Waals surface area contributed by atoms with E-state index in [0.29, 0.717) is 0 Å². The van der Waals surface area contributed by atoms with E-state index in [2.05, 4.69) is 4.52 Å². The minimum Gasteiger partial charge on any atom is -0.326 e. The molecule has 7 nitrogen and oxygen atoms in total. The molecule has 3 rings (SSSR count). The van der Waals surface area contributed by atoms with Gasteiger partial charge in [0.2, 0.25) is 0 Å². The van der Waals surface area contributed by atoms with Gasteiger partial charge in [-0.05, 0) is 0 Å². The summed E-state index contributed by atoms with van der Waals surface area (Å²) in [5.41, 5.74) is -0.602. The Morgan fingerprint density at radius 1 is 1.36 bits per heavy atom. The summed E-state index contributed by atoms with van der Waals surface area (Å²) < 4.78 is 40.9. The monoisotopic (exact) mass is 244 g/mol. The molecule has 3 heterocycles. The normalized spacial score (nSPS) is 43.8. The number of hydrogen-bond donors (Lipinski definition) is 1. The van der Waals surface area contributed by atoms with Gasteiger partial charge in [-0.15, -0.1) is 0 Å². The third kappa shape index (κ3) is 2.09. The van der Waals surface area contributed by atoms with Crippen LogP contribution >= 0.6 is 16.1 Å². The van der Waals surface area contributed by atoms with Crippen molar-refractivity contribution in [1.29, 1.82) is 0 Å². The van der Waals surface area contributed by atoms with Crippen molar-refractivity contribution in [2.45, 2.75) is 0 Å². The molecule has 0 aromatic carbocycles. The smallest absolute Gasteiger partial charge is 0.326 e. The van der Waals surface area contributed by atoms with Crippen LogP contribution in [0.2, 0.25) is 0 Å². The molecule has 3 fully saturated rings. The van der Waals surface area contributed by atoms with E-state index in [1.54, 1.807) is 0 Å². The molecule has 0 amide bonds. The first-order chi connectivity index (χ1) is 6.54. The van der Waals surface area contributed by atoms with Crippen LogP contribution in [0.4, 0.5) is 0 Å². The molecule has 1 atom stereocenters. The number of fused-ring (bicyclic) bond motifs is 3. The molecule has 9 heteroatoms. The lowest BCUT2D eigenvalue weighted by molar-refractivity contribution is -0.110. The van der Waals surface area contributed by atoms with Crippen LogP contribution in [0.25, 0.3) is 0 Å². The van der Waals surface area contributed by atoms with Gasteiger partial charge in [-0.1, -0.05) is 0 Å². The second kappa shape index (κ2) is 3.68. The van der Waals surface area contributed by atoms with E-state index in [-0.39, 0.29) is 26.4 Å². The Morgan fingerprint density at radius 2 is 1.86 bits per heavy atom. The molecule has 82 valence electrons. The maximum absolute atomic E-state index is 11.3. The van der Waals surface area contributed by atoms with Crippen LogP contribution in [-0.4, -0.2) is 31.3 Å². The number of phosphoric acid groups is 1. The zero-order valence-electron chi connectivity index (χ0n) is 7.17. The summed E-state index contributed by atoms with van der Waals surface area (Å²) in [7, 11) is -6.27. The molecule has 0 aromatic heterocycles. The average molecular weight is 244 g/mol. The molecule has 0 saturated carbocycles. The molecule has 0 radical (unpaired) electrons. The van der Waals surface area contributed by atoms with E-state index in [9.17, 15) is 9.13 Å². The summed E-state index contributed by atoms with van der Waals surface area (Å²) in [5, 5.41) is 0. The standard InChI is InChI=1S/C5H10O7P2/c6-13(7)9-1-5-2-10-14(8,11-3-5)12-4-5/h13H,1-4H2,(H,6,7). The van der Waals surface area contributed by atoms with Crippen molar-refractivity contribution in [3.63, 3.8) is 0 Å². The highest BCUT2D eigenvalue weighted by Gasteiger charge is 2.50. The van der Waals surface area contributed by atoms with Crippen LogP contribution < -0.4 is 0 Å². The van der Waals surface area contributed by atoms with Gasteiger partial charge < -0.3 is 9.42 Å². The molecule has 1 N–H and O–H groups in total. The predicted octanol–water partition coefficient (Wildman–Crippen LogP) is 0.556. The largest absolute Gasteiger partial charge is 0.474 e. The molecule has 3 saturated heterocycles. The van der Waals surface area contributed by atoms with Gasteiger partial charge in [-0.3, -0.25) is 18.1 Å². The van der Waals surface area contributed by atoms with Crippen molar-refractivity contribution >= 4 is 16.1 Å². The molecule has 0 aromatic rings. The van der Waals surface area contributed by atoms with E-state index >= 15 is 0 Å². The van der Waals surface area contributed by atoms with Gasteiger partial charge in [0.25, 0.3) is 0 Å². The summed E-state index contributed by atoms with van der Waals surface area (Å²) in [5.74, 6) is 0. The Labute approximate surface area is 80.9 Å². The third-order valence-electron chi connectivity index (χ3n) is 2.09. The van der Waals surface area contributed by atoms with Crippen LogP contribution in [0, 0.1) is 5.41 Å². The fourth-order valence-corrected chi connectivity index (χ4v) is 3.17. The summed E-state index contributed by atoms with van der Waals surface area (Å²) in [4.78, 5) is 8.50. The van der Waals surface area contributed by atoms with Gasteiger partial charge in [0.1, 0.15) is 0 Å². The molecule has 2 bridgehead atoms. The minimum absolute atomic E-state index is 0.00129. The highest BCUT2D eigenvalue weighted by Crippen LogP contribution is 2.60. The van der Waals surface area contributed by atoms with Crippen molar-refractivity contribution < 1.29 is 32.1 Å². The summed E-state index contributed by atoms with van der Waals surface area (Å²) in [6.45, 7) is 0.500. The van der Waals surface area contributed by atoms with Crippen LogP contribution in [0.3, 0.4) is 0 Å². The maximum atomic E-state index is 11.3. The zero-order chi connectivity index (χ0) is 10.2. The molecule has 3 aliphatic rings. The van der Waals surface area contributed by atoms with Gasteiger partial charge in [0.15, 0.2) is 0 Å². The van der Waals surface area contributed by atoms with Gasteiger partial charge in [0.05, 0.1) is 31.8 Å². The van der Waals surface area contributed by atoms with Crippen molar-refractivity contribution in [3.8, 4) is 0 Å². The summed E-state index contributed by atoms with van der Waals surface area (Å²) in [6, 6.07) is 0. The van der Waals surface area contributed by atoms with Crippen molar-refractivity contribution in [1.82, 2.24) is 0 Å². The lowest BCUT2D eigenvalue weighted by Gasteiger charge is -2.43. The van der Waals surface area contributed by atoms with Crippen LogP contribution in [0.15, 0.2) is 0 Å². The fraction of sp³-hybridized carbons (Fsp3) is 1.00. The van der Waals surface area contributed by atoms with Crippen molar-refractivity contribution in [2.75, 3.05) is 26.4 Å². The third-order valence-corrected chi connectivity index (χ3v) is 3.82. The summed E-state index contributed by atoms with van der Waals surface area (Å²) in [6.07, 6.45) is 0. The molecule has 0 spiro atoms. The highest BCUT2D eigenvalue weighted by atomic mass is 31.2. The Kier molecular flexibility index (Phi) is 2.83. The number of rotatable bonds is 3. The number of hydrogen-bond acceptors (Lipinski definition) is 6. The van der Waals surface area contributed by atoms with Gasteiger partial charge in [0, 0.05) is 0 Å². The van der Waals surface area contributed by atoms with Crippen LogP contribution in [-0.2, 0) is 27.2 Å². The molecule has 1 unspecified atom stereocenters. The zero-order valence-corrected chi connectivity index (χ0v) is 9.07. The van der Waals surface area contributed by atoms with Crippen molar-refractivity contribution in [3.05, 3.63) is 0 Å². The van der Waals surface area contributed by atoms with E-state index in [1.165, 1.54) is 0 Å². The van der Waals surface area contributed by atoms with Gasteiger partial charge in [-0.2, -0.15) is 0 Å². The first kappa shape index (κ1) is 10.8. The van der Waals surface area contributed by atoms with E-state index in [0.717, 1.165) is 0 Å². The first-order valence-corrected chi connectivity index (χ1v) is 6.66. The van der Waals surface area contributed by atoms with Gasteiger partial charge >= 0.3 is 16.1 Å². The van der Waals surface area contributed by atoms with E-state index in [1.807, 2.05) is 0 Å². The Bertz CT molecular complexity index is 271. The van der Waals surface area contributed by atoms with E-state index < -0.39 is 21.5 Å². The Morgan fingerprint density at radius 3 is 2.29 bits per heavy atom. The van der Waals surface area contributed by atoms with Crippen LogP contribution in [0.5, 0.6) is 0 Å². The van der Waals surface area contributed by atoms with E-state index in [4.69, 9.17) is 18.5 Å². The lowest BCUT2D eigenvalue weighted by atomic mass is 9.93. The molecule has 3 aliphatic heterocycles. The molecule has 0 aliphatic carbocycles. The Hall–Kier alpha value is 0.260. The second-order valence-corrected chi connectivity index (χ2v) is 5.81. The predicted molar refractivity (Wildman–Crippen MR) is 45.1 cm³/mol. The number of phosphoric ester groups is 1. The quantitative estimate of drug-likeness (QED) is 0.725. The minimum atomic E-state index is -3.31. The Balaban J connectivity index is 1.98. The van der Waals surface area contributed by atoms with Crippen LogP contribution in [0.1, 0.15) is 0 Å². The summed E-state index contributed by atoms with van der Waals surface area (Å²) >= 11 is 0. The topological polar surface area (TPSA) is 91.3 Å². The first-order valence-electron chi connectivity index (χ1n) is 3.93. The SMILES string of the molecule is O=[PH](O)OCC12COP(=O)(OC1)OC2. The highest BCUT2D eigenvalue weighted by molar-refractivity contribution is 7.48. The average Bonchev–Trinajstić information content (AvgIpc) is 2.17. The molecule has 14 heavy (non-hydrogen) atoms.